The lowest BCUT2D eigenvalue weighted by atomic mass is 9.74. The Balaban J connectivity index is 2.43. The first-order valence-corrected chi connectivity index (χ1v) is 4.50. The molecule has 68 valence electrons. The van der Waals surface area contributed by atoms with Gasteiger partial charge in [0.1, 0.15) is 0 Å². The van der Waals surface area contributed by atoms with Crippen LogP contribution in [-0.4, -0.2) is 18.7 Å². The van der Waals surface area contributed by atoms with Crippen molar-refractivity contribution in [1.29, 1.82) is 0 Å². The third kappa shape index (κ3) is 1.62. The quantitative estimate of drug-likeness (QED) is 0.566. The summed E-state index contributed by atoms with van der Waals surface area (Å²) in [5, 5.41) is 9.52. The maximum absolute atomic E-state index is 9.52. The van der Waals surface area contributed by atoms with E-state index >= 15 is 0 Å². The Labute approximate surface area is 78.7 Å². The fourth-order valence-electron chi connectivity index (χ4n) is 1.67. The molecule has 1 fully saturated rings. The molecule has 0 spiro atoms. The highest BCUT2D eigenvalue weighted by atomic mass is 16.5. The van der Waals surface area contributed by atoms with E-state index < -0.39 is 7.12 Å². The van der Waals surface area contributed by atoms with Crippen LogP contribution in [0.2, 0.25) is 0 Å². The fourth-order valence-corrected chi connectivity index (χ4v) is 1.67. The van der Waals surface area contributed by atoms with Crippen molar-refractivity contribution in [3.05, 3.63) is 35.3 Å². The lowest BCUT2D eigenvalue weighted by Gasteiger charge is -2.14. The summed E-state index contributed by atoms with van der Waals surface area (Å²) in [4.78, 5) is 0. The van der Waals surface area contributed by atoms with Gasteiger partial charge in [-0.15, -0.1) is 0 Å². The fraction of sp³-hybridized carbons (Fsp3) is 0.400. The Kier molecular flexibility index (Phi) is 1.93. The Morgan fingerprint density at radius 1 is 1.54 bits per heavy atom. The number of allylic oxidation sites excluding steroid dienone is 4. The number of rotatable bonds is 0. The van der Waals surface area contributed by atoms with Crippen LogP contribution in [0, 0.1) is 5.41 Å². The van der Waals surface area contributed by atoms with Crippen molar-refractivity contribution in [2.24, 2.45) is 5.41 Å². The molecular weight excluding hydrogens is 163 g/mol. The molecule has 0 aromatic rings. The van der Waals surface area contributed by atoms with Crippen molar-refractivity contribution in [3.63, 3.8) is 0 Å². The van der Waals surface area contributed by atoms with E-state index in [1.165, 1.54) is 0 Å². The zero-order valence-corrected chi connectivity index (χ0v) is 7.95. The molecule has 0 aromatic heterocycles. The van der Waals surface area contributed by atoms with Crippen LogP contribution in [0.5, 0.6) is 0 Å². The van der Waals surface area contributed by atoms with Gasteiger partial charge in [-0.1, -0.05) is 38.2 Å². The molecule has 1 heterocycles. The summed E-state index contributed by atoms with van der Waals surface area (Å²) in [6, 6.07) is 0. The second-order valence-corrected chi connectivity index (χ2v) is 4.14. The van der Waals surface area contributed by atoms with Gasteiger partial charge in [0.05, 0.1) is 6.61 Å². The van der Waals surface area contributed by atoms with Crippen molar-refractivity contribution < 1.29 is 9.68 Å². The molecule has 1 aliphatic carbocycles. The Morgan fingerprint density at radius 2 is 2.31 bits per heavy atom. The third-order valence-electron chi connectivity index (χ3n) is 2.38. The highest BCUT2D eigenvalue weighted by Crippen LogP contribution is 2.31. The van der Waals surface area contributed by atoms with Gasteiger partial charge in [0, 0.05) is 5.41 Å². The minimum Gasteiger partial charge on any atom is -0.423 e. The van der Waals surface area contributed by atoms with Crippen molar-refractivity contribution in [3.8, 4) is 0 Å². The molecule has 13 heavy (non-hydrogen) atoms. The second kappa shape index (κ2) is 2.86. The summed E-state index contributed by atoms with van der Waals surface area (Å²) in [6.45, 7) is 4.74. The van der Waals surface area contributed by atoms with Crippen molar-refractivity contribution in [2.45, 2.75) is 13.8 Å². The maximum Gasteiger partial charge on any atom is 0.491 e. The van der Waals surface area contributed by atoms with Gasteiger partial charge in [0.2, 0.25) is 0 Å². The highest BCUT2D eigenvalue weighted by molar-refractivity contribution is 6.55. The molecule has 0 amide bonds. The van der Waals surface area contributed by atoms with Gasteiger partial charge < -0.3 is 9.68 Å². The monoisotopic (exact) mass is 176 g/mol. The van der Waals surface area contributed by atoms with E-state index in [4.69, 9.17) is 4.65 Å². The Bertz CT molecular complexity index is 313. The zero-order valence-electron chi connectivity index (χ0n) is 7.95. The molecule has 3 heteroatoms. The van der Waals surface area contributed by atoms with Gasteiger partial charge >= 0.3 is 7.12 Å². The second-order valence-electron chi connectivity index (χ2n) is 4.14. The van der Waals surface area contributed by atoms with Crippen molar-refractivity contribution >= 4 is 7.12 Å². The Morgan fingerprint density at radius 3 is 3.08 bits per heavy atom. The van der Waals surface area contributed by atoms with Crippen LogP contribution < -0.4 is 0 Å². The molecule has 1 N–H and O–H groups in total. The Hall–Kier alpha value is -0.795. The summed E-state index contributed by atoms with van der Waals surface area (Å²) in [7, 11) is -0.731. The molecular formula is C10H13BO2. The number of hydrogen-bond acceptors (Lipinski definition) is 2. The van der Waals surface area contributed by atoms with Gasteiger partial charge in [0.25, 0.3) is 0 Å². The molecule has 0 unspecified atom stereocenters. The van der Waals surface area contributed by atoms with E-state index in [1.807, 2.05) is 12.2 Å². The van der Waals surface area contributed by atoms with Crippen LogP contribution in [0.3, 0.4) is 0 Å². The highest BCUT2D eigenvalue weighted by Gasteiger charge is 2.32. The number of fused-ring (bicyclic) bond motifs is 1. The SMILES string of the molecule is CC1(C)C=CC=C2COB(O)C2=C1. The average Bonchev–Trinajstić information content (AvgIpc) is 2.31. The van der Waals surface area contributed by atoms with E-state index in [0.29, 0.717) is 6.61 Å². The van der Waals surface area contributed by atoms with Gasteiger partial charge in [-0.05, 0) is 11.0 Å². The van der Waals surface area contributed by atoms with Crippen molar-refractivity contribution in [2.75, 3.05) is 6.61 Å². The molecule has 2 rings (SSSR count). The van der Waals surface area contributed by atoms with Crippen LogP contribution in [0.4, 0.5) is 0 Å². The van der Waals surface area contributed by atoms with Crippen LogP contribution in [0.25, 0.3) is 0 Å². The van der Waals surface area contributed by atoms with E-state index in [1.54, 1.807) is 0 Å². The number of hydrogen-bond donors (Lipinski definition) is 1. The van der Waals surface area contributed by atoms with Crippen LogP contribution in [-0.2, 0) is 4.65 Å². The summed E-state index contributed by atoms with van der Waals surface area (Å²) in [5.74, 6) is 0. The summed E-state index contributed by atoms with van der Waals surface area (Å²) in [6.07, 6.45) is 8.23. The largest absolute Gasteiger partial charge is 0.491 e. The molecule has 2 aliphatic rings. The van der Waals surface area contributed by atoms with E-state index in [0.717, 1.165) is 11.0 Å². The zero-order chi connectivity index (χ0) is 9.47. The first-order chi connectivity index (χ1) is 6.08. The lowest BCUT2D eigenvalue weighted by Crippen LogP contribution is -2.15. The van der Waals surface area contributed by atoms with E-state index in [-0.39, 0.29) is 5.41 Å². The molecule has 0 bridgehead atoms. The third-order valence-corrected chi connectivity index (χ3v) is 2.38. The normalized spacial score (nSPS) is 25.0. The van der Waals surface area contributed by atoms with Gasteiger partial charge in [-0.2, -0.15) is 0 Å². The predicted octanol–water partition coefficient (Wildman–Crippen LogP) is 1.49. The summed E-state index contributed by atoms with van der Waals surface area (Å²) < 4.78 is 5.13. The molecule has 0 atom stereocenters. The average molecular weight is 176 g/mol. The topological polar surface area (TPSA) is 29.5 Å². The summed E-state index contributed by atoms with van der Waals surface area (Å²) >= 11 is 0. The van der Waals surface area contributed by atoms with Gasteiger partial charge in [0.15, 0.2) is 0 Å². The molecule has 1 aliphatic heterocycles. The molecule has 0 radical (unpaired) electrons. The van der Waals surface area contributed by atoms with Gasteiger partial charge in [-0.3, -0.25) is 0 Å². The van der Waals surface area contributed by atoms with Gasteiger partial charge in [-0.25, -0.2) is 0 Å². The van der Waals surface area contributed by atoms with Crippen LogP contribution >= 0.6 is 0 Å². The minimum absolute atomic E-state index is 0.00225. The van der Waals surface area contributed by atoms with E-state index in [2.05, 4.69) is 26.0 Å². The smallest absolute Gasteiger partial charge is 0.423 e. The first kappa shape index (κ1) is 8.79. The standard InChI is InChI=1S/C10H13BO2/c1-10(2)5-3-4-8-7-13-11(12)9(8)6-10/h3-6,12H,7H2,1-2H3. The lowest BCUT2D eigenvalue weighted by molar-refractivity contribution is 0.316. The molecule has 0 saturated carbocycles. The minimum atomic E-state index is -0.731. The molecule has 1 saturated heterocycles. The molecule has 2 nitrogen and oxygen atoms in total. The predicted molar refractivity (Wildman–Crippen MR) is 53.0 cm³/mol. The molecule has 0 aromatic carbocycles. The first-order valence-electron chi connectivity index (χ1n) is 4.50. The van der Waals surface area contributed by atoms with Crippen molar-refractivity contribution in [1.82, 2.24) is 0 Å². The summed E-state index contributed by atoms with van der Waals surface area (Å²) in [5.41, 5.74) is 2.02. The van der Waals surface area contributed by atoms with Crippen LogP contribution in [0.1, 0.15) is 13.8 Å². The van der Waals surface area contributed by atoms with E-state index in [9.17, 15) is 5.02 Å². The maximum atomic E-state index is 9.52. The van der Waals surface area contributed by atoms with Crippen LogP contribution in [0.15, 0.2) is 35.3 Å².